The van der Waals surface area contributed by atoms with E-state index < -0.39 is 48.5 Å². The van der Waals surface area contributed by atoms with Gasteiger partial charge in [-0.3, -0.25) is 0 Å². The Labute approximate surface area is 118 Å². The summed E-state index contributed by atoms with van der Waals surface area (Å²) in [5.41, 5.74) is -0.976. The highest BCUT2D eigenvalue weighted by Gasteiger charge is 2.40. The molecule has 0 amide bonds. The first kappa shape index (κ1) is 16.0. The van der Waals surface area contributed by atoms with Gasteiger partial charge in [0.25, 0.3) is 0 Å². The maximum absolute atomic E-state index is 12.8. The number of nitrogens with one attached hydrogen (secondary N) is 1. The lowest BCUT2D eigenvalue weighted by Gasteiger charge is -2.37. The lowest BCUT2D eigenvalue weighted by molar-refractivity contribution is -0.153. The van der Waals surface area contributed by atoms with Crippen molar-refractivity contribution in [2.24, 2.45) is 0 Å². The first-order valence-corrected chi connectivity index (χ1v) is 6.22. The van der Waals surface area contributed by atoms with Gasteiger partial charge in [-0.15, -0.1) is 0 Å². The number of aliphatic hydroxyl groups is 3. The predicted octanol–water partition coefficient (Wildman–Crippen LogP) is -0.00620. The molecule has 4 atom stereocenters. The van der Waals surface area contributed by atoms with E-state index >= 15 is 0 Å². The molecule has 1 aromatic heterocycles. The van der Waals surface area contributed by atoms with Gasteiger partial charge in [0.2, 0.25) is 0 Å². The molecule has 118 valence electrons. The minimum atomic E-state index is -4.59. The molecule has 2 rings (SSSR count). The van der Waals surface area contributed by atoms with Crippen molar-refractivity contribution < 1.29 is 33.2 Å². The molecule has 0 bridgehead atoms. The fourth-order valence-corrected chi connectivity index (χ4v) is 2.09. The van der Waals surface area contributed by atoms with Gasteiger partial charge >= 0.3 is 6.18 Å². The van der Waals surface area contributed by atoms with E-state index in [4.69, 9.17) is 9.84 Å². The Bertz CT molecular complexity index is 486. The molecular formula is C12H15F3N2O4. The molecule has 4 N–H and O–H groups in total. The van der Waals surface area contributed by atoms with Gasteiger partial charge in [-0.25, -0.2) is 4.98 Å². The van der Waals surface area contributed by atoms with Crippen LogP contribution in [0.3, 0.4) is 0 Å². The molecule has 1 saturated heterocycles. The zero-order valence-electron chi connectivity index (χ0n) is 10.8. The van der Waals surface area contributed by atoms with Crippen LogP contribution >= 0.6 is 0 Å². The van der Waals surface area contributed by atoms with Gasteiger partial charge in [0.05, 0.1) is 24.8 Å². The van der Waals surface area contributed by atoms with Gasteiger partial charge < -0.3 is 25.4 Å². The van der Waals surface area contributed by atoms with E-state index in [1.54, 1.807) is 0 Å². The maximum atomic E-state index is 12.8. The zero-order chi connectivity index (χ0) is 15.6. The first-order valence-electron chi connectivity index (χ1n) is 6.22. The Morgan fingerprint density at radius 2 is 2.05 bits per heavy atom. The van der Waals surface area contributed by atoms with E-state index in [0.717, 1.165) is 12.1 Å². The number of alkyl halides is 3. The molecule has 0 spiro atoms. The molecule has 6 nitrogen and oxygen atoms in total. The van der Waals surface area contributed by atoms with Crippen molar-refractivity contribution in [3.05, 3.63) is 23.9 Å². The Balaban J connectivity index is 2.16. The number of nitrogens with zero attached hydrogens (tertiary/aromatic N) is 1. The lowest BCUT2D eigenvalue weighted by Crippen LogP contribution is -2.56. The molecule has 1 aromatic rings. The van der Waals surface area contributed by atoms with E-state index in [1.807, 2.05) is 0 Å². The van der Waals surface area contributed by atoms with Crippen molar-refractivity contribution in [3.8, 4) is 0 Å². The Hall–Kier alpha value is -1.42. The first-order chi connectivity index (χ1) is 9.84. The van der Waals surface area contributed by atoms with Gasteiger partial charge in [0.1, 0.15) is 24.1 Å². The fourth-order valence-electron chi connectivity index (χ4n) is 2.09. The van der Waals surface area contributed by atoms with E-state index in [1.165, 1.54) is 6.20 Å². The van der Waals surface area contributed by atoms with E-state index in [0.29, 0.717) is 0 Å². The van der Waals surface area contributed by atoms with Gasteiger partial charge in [-0.2, -0.15) is 13.2 Å². The predicted molar refractivity (Wildman–Crippen MR) is 65.5 cm³/mol. The summed E-state index contributed by atoms with van der Waals surface area (Å²) in [6, 6.07) is 1.04. The highest BCUT2D eigenvalue weighted by molar-refractivity contribution is 5.46. The molecule has 2 heterocycles. The van der Waals surface area contributed by atoms with Crippen LogP contribution in [-0.4, -0.2) is 57.9 Å². The number of halogens is 3. The molecule has 21 heavy (non-hydrogen) atoms. The van der Waals surface area contributed by atoms with Crippen molar-refractivity contribution in [3.63, 3.8) is 0 Å². The summed E-state index contributed by atoms with van der Waals surface area (Å²) in [4.78, 5) is 3.61. The van der Waals surface area contributed by atoms with Crippen molar-refractivity contribution in [2.45, 2.75) is 30.5 Å². The molecular weight excluding hydrogens is 293 g/mol. The van der Waals surface area contributed by atoms with Crippen molar-refractivity contribution >= 4 is 5.82 Å². The summed E-state index contributed by atoms with van der Waals surface area (Å²) in [7, 11) is 0. The van der Waals surface area contributed by atoms with Crippen molar-refractivity contribution in [1.82, 2.24) is 4.98 Å². The number of aromatic nitrogens is 1. The average molecular weight is 308 g/mol. The van der Waals surface area contributed by atoms with Crippen LogP contribution in [0.15, 0.2) is 18.3 Å². The minimum absolute atomic E-state index is 0.169. The molecule has 1 aliphatic rings. The van der Waals surface area contributed by atoms with Gasteiger partial charge in [-0.1, -0.05) is 0 Å². The second-order valence-corrected chi connectivity index (χ2v) is 4.68. The standard InChI is InChI=1S/C12H15F3N2O4/c13-12(14,15)6-2-1-3-16-11(6)17-7-5-21-8(4-18)10(20)9(7)19/h1-3,7-10,18-20H,4-5H2,(H,16,17)/t7?,8?,9-,10+/m1/s1. The third-order valence-corrected chi connectivity index (χ3v) is 3.25. The van der Waals surface area contributed by atoms with E-state index in [-0.39, 0.29) is 6.61 Å². The smallest absolute Gasteiger partial charge is 0.394 e. The number of hydrogen-bond donors (Lipinski definition) is 4. The topological polar surface area (TPSA) is 94.8 Å². The summed E-state index contributed by atoms with van der Waals surface area (Å²) in [6.07, 6.45) is -7.17. The monoisotopic (exact) mass is 308 g/mol. The molecule has 0 radical (unpaired) electrons. The normalized spacial score (nSPS) is 30.2. The highest BCUT2D eigenvalue weighted by Crippen LogP contribution is 2.34. The molecule has 1 fully saturated rings. The zero-order valence-corrected chi connectivity index (χ0v) is 10.8. The molecule has 1 aliphatic heterocycles. The third kappa shape index (κ3) is 3.43. The molecule has 2 unspecified atom stereocenters. The van der Waals surface area contributed by atoms with Crippen LogP contribution in [0.2, 0.25) is 0 Å². The largest absolute Gasteiger partial charge is 0.419 e. The molecule has 9 heteroatoms. The molecule has 0 saturated carbocycles. The summed E-state index contributed by atoms with van der Waals surface area (Å²) in [5, 5.41) is 30.9. The van der Waals surface area contributed by atoms with E-state index in [2.05, 4.69) is 10.3 Å². The second kappa shape index (κ2) is 6.14. The van der Waals surface area contributed by atoms with Crippen molar-refractivity contribution in [1.29, 1.82) is 0 Å². The number of aliphatic hydroxyl groups excluding tert-OH is 3. The summed E-state index contributed by atoms with van der Waals surface area (Å²) in [6.45, 7) is -0.667. The lowest BCUT2D eigenvalue weighted by atomic mass is 9.98. The van der Waals surface area contributed by atoms with Crippen LogP contribution in [0.5, 0.6) is 0 Å². The highest BCUT2D eigenvalue weighted by atomic mass is 19.4. The number of ether oxygens (including phenoxy) is 1. The van der Waals surface area contributed by atoms with E-state index in [9.17, 15) is 23.4 Å². The van der Waals surface area contributed by atoms with Crippen LogP contribution in [0, 0.1) is 0 Å². The quantitative estimate of drug-likeness (QED) is 0.628. The number of hydrogen-bond acceptors (Lipinski definition) is 6. The number of rotatable bonds is 3. The van der Waals surface area contributed by atoms with Crippen LogP contribution in [0.1, 0.15) is 5.56 Å². The minimum Gasteiger partial charge on any atom is -0.394 e. The van der Waals surface area contributed by atoms with Gasteiger partial charge in [0.15, 0.2) is 0 Å². The summed E-state index contributed by atoms with van der Waals surface area (Å²) < 4.78 is 43.6. The second-order valence-electron chi connectivity index (χ2n) is 4.68. The van der Waals surface area contributed by atoms with Gasteiger partial charge in [0, 0.05) is 6.20 Å². The Morgan fingerprint density at radius 3 is 2.67 bits per heavy atom. The van der Waals surface area contributed by atoms with Crippen LogP contribution in [0.25, 0.3) is 0 Å². The van der Waals surface area contributed by atoms with Crippen LogP contribution in [-0.2, 0) is 10.9 Å². The maximum Gasteiger partial charge on any atom is 0.419 e. The summed E-state index contributed by atoms with van der Waals surface area (Å²) >= 11 is 0. The number of anilines is 1. The van der Waals surface area contributed by atoms with Gasteiger partial charge in [-0.05, 0) is 12.1 Å². The third-order valence-electron chi connectivity index (χ3n) is 3.25. The average Bonchev–Trinajstić information content (AvgIpc) is 2.44. The molecule has 0 aliphatic carbocycles. The summed E-state index contributed by atoms with van der Waals surface area (Å²) in [5.74, 6) is -0.452. The number of pyridine rings is 1. The molecule has 0 aromatic carbocycles. The van der Waals surface area contributed by atoms with Crippen molar-refractivity contribution in [2.75, 3.05) is 18.5 Å². The SMILES string of the molecule is OCC1OCC(Nc2ncccc2C(F)(F)F)[C@@H](O)[C@H]1O. The van der Waals surface area contributed by atoms with Crippen LogP contribution in [0.4, 0.5) is 19.0 Å². The Kier molecular flexibility index (Phi) is 4.67. The Morgan fingerprint density at radius 1 is 1.33 bits per heavy atom. The fraction of sp³-hybridized carbons (Fsp3) is 0.583. The van der Waals surface area contributed by atoms with Crippen LogP contribution < -0.4 is 5.32 Å².